The van der Waals surface area contributed by atoms with Gasteiger partial charge in [0.2, 0.25) is 0 Å². The lowest BCUT2D eigenvalue weighted by molar-refractivity contribution is -0.166. The van der Waals surface area contributed by atoms with E-state index in [0.29, 0.717) is 19.3 Å². The lowest BCUT2D eigenvalue weighted by atomic mass is 9.91. The van der Waals surface area contributed by atoms with Gasteiger partial charge in [-0.25, -0.2) is 4.79 Å². The van der Waals surface area contributed by atoms with Gasteiger partial charge in [-0.3, -0.25) is 0 Å². The molecule has 0 aromatic carbocycles. The molecule has 0 bridgehead atoms. The third kappa shape index (κ3) is 3.75. The Labute approximate surface area is 105 Å². The molecular weight excluding hydrogens is 245 g/mol. The molecule has 0 aromatic heterocycles. The molecule has 104 valence electrons. The summed E-state index contributed by atoms with van der Waals surface area (Å²) in [7, 11) is 0. The molecule has 18 heavy (non-hydrogen) atoms. The second-order valence-corrected chi connectivity index (χ2v) is 4.82. The van der Waals surface area contributed by atoms with Crippen LogP contribution in [0, 0.1) is 0 Å². The number of hydrogen-bond acceptors (Lipinski definition) is 2. The fourth-order valence-corrected chi connectivity index (χ4v) is 2.27. The van der Waals surface area contributed by atoms with Crippen molar-refractivity contribution >= 4 is 5.97 Å². The molecule has 1 rings (SSSR count). The minimum absolute atomic E-state index is 0.546. The number of alkyl halides is 3. The number of ether oxygens (including phenoxy) is 1. The summed E-state index contributed by atoms with van der Waals surface area (Å²) in [5, 5.41) is 0. The molecule has 0 aliphatic heterocycles. The summed E-state index contributed by atoms with van der Waals surface area (Å²) in [5.41, 5.74) is -2.15. The summed E-state index contributed by atoms with van der Waals surface area (Å²) in [6.45, 7) is 4.62. The predicted molar refractivity (Wildman–Crippen MR) is 62.0 cm³/mol. The minimum Gasteiger partial charge on any atom is -0.456 e. The first-order chi connectivity index (χ1) is 8.31. The van der Waals surface area contributed by atoms with E-state index in [1.807, 2.05) is 6.92 Å². The highest BCUT2D eigenvalue weighted by molar-refractivity contribution is 5.89. The van der Waals surface area contributed by atoms with E-state index >= 15 is 0 Å². The van der Waals surface area contributed by atoms with Crippen molar-refractivity contribution in [3.63, 3.8) is 0 Å². The molecular formula is C13H19F3O2. The summed E-state index contributed by atoms with van der Waals surface area (Å²) in [6.07, 6.45) is 0.972. The topological polar surface area (TPSA) is 26.3 Å². The molecule has 0 radical (unpaired) electrons. The molecule has 1 saturated carbocycles. The molecule has 0 aromatic rings. The van der Waals surface area contributed by atoms with Crippen LogP contribution in [-0.2, 0) is 9.53 Å². The van der Waals surface area contributed by atoms with Crippen molar-refractivity contribution in [1.29, 1.82) is 0 Å². The second kappa shape index (κ2) is 5.76. The Hall–Kier alpha value is -1.00. The van der Waals surface area contributed by atoms with Crippen molar-refractivity contribution in [3.8, 4) is 0 Å². The van der Waals surface area contributed by atoms with E-state index in [-0.39, 0.29) is 0 Å². The Kier molecular flexibility index (Phi) is 4.82. The van der Waals surface area contributed by atoms with E-state index in [9.17, 15) is 18.0 Å². The molecule has 1 fully saturated rings. The molecule has 0 saturated heterocycles. The highest BCUT2D eigenvalue weighted by Gasteiger charge is 2.41. The van der Waals surface area contributed by atoms with Gasteiger partial charge in [0, 0.05) is 0 Å². The Morgan fingerprint density at radius 3 is 2.11 bits per heavy atom. The van der Waals surface area contributed by atoms with E-state index in [0.717, 1.165) is 25.7 Å². The highest BCUT2D eigenvalue weighted by Crippen LogP contribution is 2.35. The summed E-state index contributed by atoms with van der Waals surface area (Å²) in [4.78, 5) is 11.5. The number of carbonyl (C=O) groups is 1. The van der Waals surface area contributed by atoms with Gasteiger partial charge in [0.05, 0.1) is 0 Å². The van der Waals surface area contributed by atoms with Gasteiger partial charge in [0.1, 0.15) is 11.2 Å². The molecule has 0 N–H and O–H groups in total. The van der Waals surface area contributed by atoms with Crippen LogP contribution in [0.3, 0.4) is 0 Å². The van der Waals surface area contributed by atoms with Crippen molar-refractivity contribution in [1.82, 2.24) is 0 Å². The van der Waals surface area contributed by atoms with Crippen LogP contribution in [0.1, 0.15) is 51.9 Å². The largest absolute Gasteiger partial charge is 0.456 e. The van der Waals surface area contributed by atoms with Gasteiger partial charge in [-0.15, -0.1) is 0 Å². The Bertz CT molecular complexity index is 313. The van der Waals surface area contributed by atoms with Crippen LogP contribution in [0.4, 0.5) is 13.2 Å². The minimum atomic E-state index is -4.71. The number of esters is 1. The molecule has 1 aliphatic rings. The smallest absolute Gasteiger partial charge is 0.422 e. The van der Waals surface area contributed by atoms with Gasteiger partial charge >= 0.3 is 12.1 Å². The number of rotatable bonds is 3. The predicted octanol–water partition coefficient (Wildman–Crippen LogP) is 4.15. The van der Waals surface area contributed by atoms with Gasteiger partial charge in [0.25, 0.3) is 0 Å². The zero-order chi connectivity index (χ0) is 13.8. The van der Waals surface area contributed by atoms with Gasteiger partial charge in [-0.2, -0.15) is 13.2 Å². The average Bonchev–Trinajstić information content (AvgIpc) is 2.53. The molecule has 0 heterocycles. The van der Waals surface area contributed by atoms with Crippen LogP contribution >= 0.6 is 0 Å². The monoisotopic (exact) mass is 264 g/mol. The Morgan fingerprint density at radius 2 is 1.72 bits per heavy atom. The summed E-state index contributed by atoms with van der Waals surface area (Å²) >= 11 is 0. The fourth-order valence-electron chi connectivity index (χ4n) is 2.27. The van der Waals surface area contributed by atoms with Gasteiger partial charge in [0.15, 0.2) is 0 Å². The maximum atomic E-state index is 12.4. The van der Waals surface area contributed by atoms with Gasteiger partial charge in [-0.1, -0.05) is 26.3 Å². The van der Waals surface area contributed by atoms with E-state index in [1.54, 1.807) is 0 Å². The summed E-state index contributed by atoms with van der Waals surface area (Å²) in [5.74, 6) is -1.33. The Morgan fingerprint density at radius 1 is 1.22 bits per heavy atom. The number of halogens is 3. The van der Waals surface area contributed by atoms with Crippen LogP contribution in [0.25, 0.3) is 0 Å². The zero-order valence-electron chi connectivity index (χ0n) is 10.6. The third-order valence-electron chi connectivity index (χ3n) is 3.56. The molecule has 0 spiro atoms. The fraction of sp³-hybridized carbons (Fsp3) is 0.769. The second-order valence-electron chi connectivity index (χ2n) is 4.82. The lowest BCUT2D eigenvalue weighted by Gasteiger charge is -2.32. The number of hydrogen-bond donors (Lipinski definition) is 0. The van der Waals surface area contributed by atoms with Crippen molar-refractivity contribution in [2.24, 2.45) is 0 Å². The molecule has 5 heteroatoms. The van der Waals surface area contributed by atoms with Crippen LogP contribution in [0.2, 0.25) is 0 Å². The van der Waals surface area contributed by atoms with Crippen molar-refractivity contribution in [2.45, 2.75) is 63.6 Å². The first kappa shape index (κ1) is 15.1. The van der Waals surface area contributed by atoms with Crippen molar-refractivity contribution in [3.05, 3.63) is 12.2 Å². The molecule has 0 amide bonds. The van der Waals surface area contributed by atoms with E-state index < -0.39 is 23.3 Å². The SMILES string of the molecule is C=C(C(=O)OC1(CC)CCCCCC1)C(F)(F)F. The molecule has 1 aliphatic carbocycles. The summed E-state index contributed by atoms with van der Waals surface area (Å²) in [6, 6.07) is 0. The van der Waals surface area contributed by atoms with Crippen LogP contribution < -0.4 is 0 Å². The average molecular weight is 264 g/mol. The molecule has 0 atom stereocenters. The van der Waals surface area contributed by atoms with Gasteiger partial charge in [-0.05, 0) is 32.1 Å². The van der Waals surface area contributed by atoms with Crippen LogP contribution in [0.5, 0.6) is 0 Å². The first-order valence-corrected chi connectivity index (χ1v) is 6.30. The highest BCUT2D eigenvalue weighted by atomic mass is 19.4. The Balaban J connectivity index is 2.73. The third-order valence-corrected chi connectivity index (χ3v) is 3.56. The molecule has 2 nitrogen and oxygen atoms in total. The zero-order valence-corrected chi connectivity index (χ0v) is 10.6. The standard InChI is InChI=1S/C13H19F3O2/c1-3-12(8-6-4-5-7-9-12)18-11(17)10(2)13(14,15)16/h2-9H2,1H3. The van der Waals surface area contributed by atoms with Crippen molar-refractivity contribution in [2.75, 3.05) is 0 Å². The summed E-state index contributed by atoms with van der Waals surface area (Å²) < 4.78 is 42.2. The number of carbonyl (C=O) groups excluding carboxylic acids is 1. The van der Waals surface area contributed by atoms with E-state index in [4.69, 9.17) is 4.74 Å². The van der Waals surface area contributed by atoms with Crippen molar-refractivity contribution < 1.29 is 22.7 Å². The molecule has 0 unspecified atom stereocenters. The maximum Gasteiger partial charge on any atom is 0.422 e. The van der Waals surface area contributed by atoms with Crippen LogP contribution in [-0.4, -0.2) is 17.7 Å². The van der Waals surface area contributed by atoms with Crippen LogP contribution in [0.15, 0.2) is 12.2 Å². The van der Waals surface area contributed by atoms with E-state index in [1.165, 1.54) is 0 Å². The van der Waals surface area contributed by atoms with E-state index in [2.05, 4.69) is 6.58 Å². The lowest BCUT2D eigenvalue weighted by Crippen LogP contribution is -2.36. The first-order valence-electron chi connectivity index (χ1n) is 6.30. The maximum absolute atomic E-state index is 12.4. The normalized spacial score (nSPS) is 20.0. The quantitative estimate of drug-likeness (QED) is 0.435. The van der Waals surface area contributed by atoms with Gasteiger partial charge < -0.3 is 4.74 Å².